The second-order valence-electron chi connectivity index (χ2n) is 14.0. The van der Waals surface area contributed by atoms with Crippen LogP contribution in [0.25, 0.3) is 76.4 Å². The Morgan fingerprint density at radius 2 is 1.15 bits per heavy atom. The van der Waals surface area contributed by atoms with Gasteiger partial charge in [-0.25, -0.2) is 10.0 Å². The van der Waals surface area contributed by atoms with Crippen molar-refractivity contribution in [1.82, 2.24) is 14.6 Å². The molecule has 2 aliphatic heterocycles. The van der Waals surface area contributed by atoms with Crippen molar-refractivity contribution < 1.29 is 4.42 Å². The van der Waals surface area contributed by atoms with Gasteiger partial charge in [0.2, 0.25) is 5.96 Å². The summed E-state index contributed by atoms with van der Waals surface area (Å²) in [5.41, 5.74) is 8.76. The Morgan fingerprint density at radius 3 is 1.96 bits per heavy atom. The van der Waals surface area contributed by atoms with Gasteiger partial charge in [0.1, 0.15) is 17.3 Å². The topological polar surface area (TPSA) is 36.4 Å². The van der Waals surface area contributed by atoms with E-state index in [1.807, 2.05) is 6.07 Å². The Balaban J connectivity index is 1.13. The lowest BCUT2D eigenvalue weighted by Gasteiger charge is -2.14. The minimum atomic E-state index is -0.184. The van der Waals surface area contributed by atoms with Gasteiger partial charge >= 0.3 is 0 Å². The number of nitrogens with zero attached hydrogens (tertiary/aromatic N) is 4. The van der Waals surface area contributed by atoms with E-state index >= 15 is 0 Å². The fourth-order valence-corrected chi connectivity index (χ4v) is 8.60. The molecule has 10 aromatic rings. The summed E-state index contributed by atoms with van der Waals surface area (Å²) in [4.78, 5) is 5.60. The summed E-state index contributed by atoms with van der Waals surface area (Å²) < 4.78 is 9.06. The maximum Gasteiger partial charge on any atom is 0.224 e. The van der Waals surface area contributed by atoms with E-state index in [4.69, 9.17) is 9.41 Å². The van der Waals surface area contributed by atoms with Crippen molar-refractivity contribution in [3.8, 4) is 11.1 Å². The number of hydrazine groups is 1. The first kappa shape index (κ1) is 28.1. The molecule has 8 aromatic carbocycles. The number of aromatic nitrogens is 1. The zero-order valence-electron chi connectivity index (χ0n) is 28.0. The molecule has 3 unspecified atom stereocenters. The molecule has 0 spiro atoms. The highest BCUT2D eigenvalue weighted by Crippen LogP contribution is 2.55. The van der Waals surface area contributed by atoms with E-state index < -0.39 is 0 Å². The molecule has 5 heteroatoms. The van der Waals surface area contributed by atoms with Crippen LogP contribution < -0.4 is 0 Å². The van der Waals surface area contributed by atoms with E-state index in [1.165, 1.54) is 38.2 Å². The maximum absolute atomic E-state index is 6.69. The van der Waals surface area contributed by atoms with Gasteiger partial charge in [-0.2, -0.15) is 5.01 Å². The minimum Gasteiger partial charge on any atom is -0.455 e. The smallest absolute Gasteiger partial charge is 0.224 e. The van der Waals surface area contributed by atoms with Crippen LogP contribution in [-0.4, -0.2) is 20.5 Å². The first-order chi connectivity index (χ1) is 25.8. The molecule has 0 amide bonds. The van der Waals surface area contributed by atoms with Crippen LogP contribution in [0.5, 0.6) is 0 Å². The SMILES string of the molecule is c1ccc(-c2ccc3c4c5oc6ccccc6c5ccc4n(C4=NC(c5ccc6ccccc6c5)N5C(c6ccc7ccccc7c6)N45)c3c2)cc1. The Labute approximate surface area is 298 Å². The van der Waals surface area contributed by atoms with Gasteiger partial charge in [-0.05, 0) is 80.2 Å². The van der Waals surface area contributed by atoms with E-state index in [1.54, 1.807) is 0 Å². The van der Waals surface area contributed by atoms with Crippen molar-refractivity contribution >= 4 is 71.2 Å². The highest BCUT2D eigenvalue weighted by Gasteiger charge is 2.58. The van der Waals surface area contributed by atoms with E-state index in [0.29, 0.717) is 0 Å². The summed E-state index contributed by atoms with van der Waals surface area (Å²) in [6, 6.07) is 61.1. The largest absolute Gasteiger partial charge is 0.455 e. The van der Waals surface area contributed by atoms with Crippen molar-refractivity contribution in [2.24, 2.45) is 4.99 Å². The van der Waals surface area contributed by atoms with Gasteiger partial charge in [-0.1, -0.05) is 133 Å². The van der Waals surface area contributed by atoms with E-state index in [0.717, 1.165) is 55.3 Å². The molecule has 0 aliphatic carbocycles. The Bertz CT molecular complexity index is 3120. The quantitative estimate of drug-likeness (QED) is 0.176. The van der Waals surface area contributed by atoms with Crippen LogP contribution in [0.1, 0.15) is 23.5 Å². The number of hydrogen-bond acceptors (Lipinski definition) is 4. The Morgan fingerprint density at radius 1 is 0.481 bits per heavy atom. The predicted molar refractivity (Wildman–Crippen MR) is 212 cm³/mol. The fraction of sp³-hybridized carbons (Fsp3) is 0.0426. The third-order valence-corrected chi connectivity index (χ3v) is 11.1. The number of para-hydroxylation sites is 1. The van der Waals surface area contributed by atoms with Crippen molar-refractivity contribution in [1.29, 1.82) is 0 Å². The van der Waals surface area contributed by atoms with Crippen molar-refractivity contribution in [3.05, 3.63) is 181 Å². The Hall–Kier alpha value is -6.69. The summed E-state index contributed by atoms with van der Waals surface area (Å²) >= 11 is 0. The Kier molecular flexibility index (Phi) is 5.62. The molecule has 3 atom stereocenters. The highest BCUT2D eigenvalue weighted by atomic mass is 16.3. The third kappa shape index (κ3) is 3.94. The van der Waals surface area contributed by atoms with E-state index in [2.05, 4.69) is 178 Å². The van der Waals surface area contributed by atoms with Crippen molar-refractivity contribution in [2.45, 2.75) is 12.3 Å². The summed E-state index contributed by atoms with van der Waals surface area (Å²) in [6.07, 6.45) is -0.149. The standard InChI is InChI=1S/C47H30N4O/c1-2-10-29(11-3-1)34-22-23-39-41(28-34)49(40-25-24-38-37-16-8-9-17-42(37)52-44(38)43(39)40)47-48-45(35-20-18-30-12-4-6-14-32(30)26-35)50-46(51(47)50)36-21-19-31-13-5-7-15-33(31)27-36/h1-28,45-46H. The zero-order valence-corrected chi connectivity index (χ0v) is 28.0. The molecule has 1 saturated heterocycles. The number of aliphatic imine (C=N–C) groups is 1. The predicted octanol–water partition coefficient (Wildman–Crippen LogP) is 11.8. The molecular weight excluding hydrogens is 637 g/mol. The second kappa shape index (κ2) is 10.4. The molecule has 52 heavy (non-hydrogen) atoms. The minimum absolute atomic E-state index is 0.0355. The van der Waals surface area contributed by atoms with Crippen LogP contribution in [0.3, 0.4) is 0 Å². The molecular formula is C47H30N4O. The molecule has 0 radical (unpaired) electrons. The summed E-state index contributed by atoms with van der Waals surface area (Å²) in [5.74, 6) is 0.914. The van der Waals surface area contributed by atoms with Crippen LogP contribution in [0.15, 0.2) is 179 Å². The average Bonchev–Trinajstić information content (AvgIpc) is 3.45. The molecule has 1 fully saturated rings. The van der Waals surface area contributed by atoms with E-state index in [9.17, 15) is 0 Å². The first-order valence-electron chi connectivity index (χ1n) is 17.9. The number of furan rings is 1. The van der Waals surface area contributed by atoms with Gasteiger partial charge in [-0.15, -0.1) is 0 Å². The number of fused-ring (bicyclic) bond motifs is 10. The van der Waals surface area contributed by atoms with Gasteiger partial charge in [0.15, 0.2) is 6.17 Å². The lowest BCUT2D eigenvalue weighted by molar-refractivity contribution is 0.341. The normalized spacial score (nSPS) is 18.3. The van der Waals surface area contributed by atoms with Crippen LogP contribution in [0.4, 0.5) is 0 Å². The molecule has 0 N–H and O–H groups in total. The number of rotatable bonds is 3. The van der Waals surface area contributed by atoms with Crippen molar-refractivity contribution in [3.63, 3.8) is 0 Å². The van der Waals surface area contributed by atoms with Gasteiger partial charge in [0.05, 0.1) is 16.4 Å². The molecule has 244 valence electrons. The maximum atomic E-state index is 6.69. The fourth-order valence-electron chi connectivity index (χ4n) is 8.60. The van der Waals surface area contributed by atoms with Crippen LogP contribution in [0, 0.1) is 0 Å². The molecule has 2 aromatic heterocycles. The monoisotopic (exact) mass is 666 g/mol. The van der Waals surface area contributed by atoms with Crippen LogP contribution in [-0.2, 0) is 0 Å². The number of benzene rings is 8. The zero-order chi connectivity index (χ0) is 33.9. The molecule has 4 heterocycles. The summed E-state index contributed by atoms with van der Waals surface area (Å²) in [6.45, 7) is 0. The van der Waals surface area contributed by atoms with E-state index in [-0.39, 0.29) is 12.3 Å². The van der Waals surface area contributed by atoms with Crippen LogP contribution >= 0.6 is 0 Å². The lowest BCUT2D eigenvalue weighted by Crippen LogP contribution is -2.20. The molecule has 5 nitrogen and oxygen atoms in total. The molecule has 0 bridgehead atoms. The number of hydrogen-bond donors (Lipinski definition) is 0. The third-order valence-electron chi connectivity index (χ3n) is 11.1. The average molecular weight is 667 g/mol. The van der Waals surface area contributed by atoms with Gasteiger partial charge in [0, 0.05) is 16.2 Å². The first-order valence-corrected chi connectivity index (χ1v) is 17.9. The molecule has 12 rings (SSSR count). The van der Waals surface area contributed by atoms with Gasteiger partial charge in [0.25, 0.3) is 0 Å². The van der Waals surface area contributed by atoms with Gasteiger partial charge in [-0.3, -0.25) is 4.57 Å². The second-order valence-corrected chi connectivity index (χ2v) is 14.0. The summed E-state index contributed by atoms with van der Waals surface area (Å²) in [7, 11) is 0. The van der Waals surface area contributed by atoms with Crippen LogP contribution in [0.2, 0.25) is 0 Å². The van der Waals surface area contributed by atoms with Crippen molar-refractivity contribution in [2.75, 3.05) is 0 Å². The molecule has 0 saturated carbocycles. The highest BCUT2D eigenvalue weighted by molar-refractivity contribution is 6.26. The summed E-state index contributed by atoms with van der Waals surface area (Å²) in [5, 5.41) is 14.3. The molecule has 2 aliphatic rings. The van der Waals surface area contributed by atoms with Gasteiger partial charge < -0.3 is 4.42 Å². The lowest BCUT2D eigenvalue weighted by atomic mass is 10.0.